The second kappa shape index (κ2) is 8.99. The standard InChI is InChI=1S/C15H24N2OS/c1-3-12(2)9-17-15(18)14(16)11-19-10-13-7-5-4-6-8-13/h4-8,12,14H,3,9-11,16H2,1-2H3,(H,17,18)/t12?,14-/m0/s1. The molecule has 19 heavy (non-hydrogen) atoms. The summed E-state index contributed by atoms with van der Waals surface area (Å²) in [4.78, 5) is 11.8. The fraction of sp³-hybridized carbons (Fsp3) is 0.533. The molecule has 3 nitrogen and oxygen atoms in total. The highest BCUT2D eigenvalue weighted by molar-refractivity contribution is 7.98. The maximum atomic E-state index is 11.8. The minimum absolute atomic E-state index is 0.0409. The molecule has 0 aromatic heterocycles. The molecule has 0 saturated carbocycles. The molecule has 0 spiro atoms. The third kappa shape index (κ3) is 6.64. The van der Waals surface area contributed by atoms with Crippen molar-refractivity contribution in [2.75, 3.05) is 12.3 Å². The van der Waals surface area contributed by atoms with Gasteiger partial charge in [-0.05, 0) is 11.5 Å². The average Bonchev–Trinajstić information content (AvgIpc) is 2.45. The van der Waals surface area contributed by atoms with Gasteiger partial charge in [0.1, 0.15) is 0 Å². The predicted molar refractivity (Wildman–Crippen MR) is 83.0 cm³/mol. The number of hydrogen-bond acceptors (Lipinski definition) is 3. The summed E-state index contributed by atoms with van der Waals surface area (Å²) in [6.07, 6.45) is 1.07. The van der Waals surface area contributed by atoms with Gasteiger partial charge in [-0.1, -0.05) is 50.6 Å². The summed E-state index contributed by atoms with van der Waals surface area (Å²) in [5.41, 5.74) is 7.14. The van der Waals surface area contributed by atoms with E-state index in [0.29, 0.717) is 18.2 Å². The topological polar surface area (TPSA) is 55.1 Å². The summed E-state index contributed by atoms with van der Waals surface area (Å²) >= 11 is 1.70. The Labute approximate surface area is 120 Å². The molecule has 1 unspecified atom stereocenters. The molecule has 1 rings (SSSR count). The molecule has 0 bridgehead atoms. The zero-order valence-corrected chi connectivity index (χ0v) is 12.6. The fourth-order valence-electron chi connectivity index (χ4n) is 1.50. The van der Waals surface area contributed by atoms with E-state index >= 15 is 0 Å². The van der Waals surface area contributed by atoms with Crippen LogP contribution in [0, 0.1) is 5.92 Å². The quantitative estimate of drug-likeness (QED) is 0.769. The number of hydrogen-bond donors (Lipinski definition) is 2. The Morgan fingerprint density at radius 1 is 1.37 bits per heavy atom. The van der Waals surface area contributed by atoms with Crippen molar-refractivity contribution < 1.29 is 4.79 Å². The highest BCUT2D eigenvalue weighted by Crippen LogP contribution is 2.12. The van der Waals surface area contributed by atoms with Crippen LogP contribution in [0.5, 0.6) is 0 Å². The first-order valence-electron chi connectivity index (χ1n) is 6.78. The number of rotatable bonds is 8. The first kappa shape index (κ1) is 16.1. The zero-order chi connectivity index (χ0) is 14.1. The first-order chi connectivity index (χ1) is 9.13. The van der Waals surface area contributed by atoms with E-state index < -0.39 is 6.04 Å². The largest absolute Gasteiger partial charge is 0.354 e. The summed E-state index contributed by atoms with van der Waals surface area (Å²) in [6, 6.07) is 9.80. The lowest BCUT2D eigenvalue weighted by Crippen LogP contribution is -2.43. The Kier molecular flexibility index (Phi) is 7.60. The first-order valence-corrected chi connectivity index (χ1v) is 7.94. The van der Waals surface area contributed by atoms with Crippen LogP contribution < -0.4 is 11.1 Å². The number of thioether (sulfide) groups is 1. The SMILES string of the molecule is CCC(C)CNC(=O)[C@@H](N)CSCc1ccccc1. The average molecular weight is 280 g/mol. The number of nitrogens with one attached hydrogen (secondary N) is 1. The van der Waals surface area contributed by atoms with Crippen molar-refractivity contribution in [1.29, 1.82) is 0 Å². The molecule has 0 aliphatic carbocycles. The molecule has 1 aromatic carbocycles. The summed E-state index contributed by atoms with van der Waals surface area (Å²) in [5.74, 6) is 2.02. The van der Waals surface area contributed by atoms with Crippen molar-refractivity contribution in [2.24, 2.45) is 11.7 Å². The third-order valence-electron chi connectivity index (χ3n) is 3.07. The molecule has 106 valence electrons. The Morgan fingerprint density at radius 2 is 2.05 bits per heavy atom. The van der Waals surface area contributed by atoms with Crippen molar-refractivity contribution >= 4 is 17.7 Å². The second-order valence-electron chi connectivity index (χ2n) is 4.87. The van der Waals surface area contributed by atoms with E-state index in [0.717, 1.165) is 12.2 Å². The maximum absolute atomic E-state index is 11.8. The predicted octanol–water partition coefficient (Wildman–Crippen LogP) is 2.41. The number of carbonyl (C=O) groups excluding carboxylic acids is 1. The Hall–Kier alpha value is -1.00. The smallest absolute Gasteiger partial charge is 0.237 e. The van der Waals surface area contributed by atoms with Crippen LogP contribution in [0.25, 0.3) is 0 Å². The van der Waals surface area contributed by atoms with Crippen LogP contribution in [0.1, 0.15) is 25.8 Å². The van der Waals surface area contributed by atoms with Gasteiger partial charge in [-0.2, -0.15) is 11.8 Å². The lowest BCUT2D eigenvalue weighted by Gasteiger charge is -2.14. The molecule has 1 amide bonds. The molecule has 4 heteroatoms. The zero-order valence-electron chi connectivity index (χ0n) is 11.8. The Morgan fingerprint density at radius 3 is 2.68 bits per heavy atom. The molecule has 0 aliphatic rings. The molecule has 2 atom stereocenters. The van der Waals surface area contributed by atoms with E-state index in [-0.39, 0.29) is 5.91 Å². The maximum Gasteiger partial charge on any atom is 0.237 e. The molecule has 1 aromatic rings. The van der Waals surface area contributed by atoms with Gasteiger partial charge in [0.25, 0.3) is 0 Å². The highest BCUT2D eigenvalue weighted by atomic mass is 32.2. The van der Waals surface area contributed by atoms with Crippen LogP contribution in [0.4, 0.5) is 0 Å². The molecule has 0 saturated heterocycles. The van der Waals surface area contributed by atoms with E-state index in [1.165, 1.54) is 5.56 Å². The summed E-state index contributed by atoms with van der Waals surface area (Å²) < 4.78 is 0. The monoisotopic (exact) mass is 280 g/mol. The third-order valence-corrected chi connectivity index (χ3v) is 4.20. The fourth-order valence-corrected chi connectivity index (χ4v) is 2.46. The lowest BCUT2D eigenvalue weighted by atomic mass is 10.1. The Bertz CT molecular complexity index is 370. The van der Waals surface area contributed by atoms with Crippen molar-refractivity contribution in [3.8, 4) is 0 Å². The minimum atomic E-state index is -0.419. The van der Waals surface area contributed by atoms with E-state index in [2.05, 4.69) is 31.3 Å². The van der Waals surface area contributed by atoms with Gasteiger partial charge in [0, 0.05) is 18.1 Å². The van der Waals surface area contributed by atoms with Gasteiger partial charge < -0.3 is 11.1 Å². The molecule has 0 heterocycles. The van der Waals surface area contributed by atoms with Crippen molar-refractivity contribution in [3.05, 3.63) is 35.9 Å². The van der Waals surface area contributed by atoms with Gasteiger partial charge in [0.2, 0.25) is 5.91 Å². The Balaban J connectivity index is 2.19. The van der Waals surface area contributed by atoms with Gasteiger partial charge in [-0.25, -0.2) is 0 Å². The number of nitrogens with two attached hydrogens (primary N) is 1. The number of amides is 1. The van der Waals surface area contributed by atoms with Crippen molar-refractivity contribution in [2.45, 2.75) is 32.1 Å². The number of carbonyl (C=O) groups is 1. The van der Waals surface area contributed by atoms with Crippen molar-refractivity contribution in [1.82, 2.24) is 5.32 Å². The van der Waals surface area contributed by atoms with E-state index in [4.69, 9.17) is 5.73 Å². The van der Waals surface area contributed by atoms with E-state index in [1.807, 2.05) is 18.2 Å². The van der Waals surface area contributed by atoms with Gasteiger partial charge in [-0.15, -0.1) is 0 Å². The van der Waals surface area contributed by atoms with Gasteiger partial charge in [0.05, 0.1) is 6.04 Å². The van der Waals surface area contributed by atoms with E-state index in [1.54, 1.807) is 11.8 Å². The molecular formula is C15H24N2OS. The van der Waals surface area contributed by atoms with Crippen LogP contribution in [-0.2, 0) is 10.5 Å². The minimum Gasteiger partial charge on any atom is -0.354 e. The normalized spacial score (nSPS) is 13.8. The lowest BCUT2D eigenvalue weighted by molar-refractivity contribution is -0.122. The van der Waals surface area contributed by atoms with Crippen LogP contribution in [-0.4, -0.2) is 24.2 Å². The van der Waals surface area contributed by atoms with Gasteiger partial charge in [0.15, 0.2) is 0 Å². The van der Waals surface area contributed by atoms with Crippen LogP contribution >= 0.6 is 11.8 Å². The van der Waals surface area contributed by atoms with E-state index in [9.17, 15) is 4.79 Å². The molecule has 0 fully saturated rings. The molecule has 3 N–H and O–H groups in total. The van der Waals surface area contributed by atoms with Crippen LogP contribution in [0.15, 0.2) is 30.3 Å². The van der Waals surface area contributed by atoms with Crippen LogP contribution in [0.2, 0.25) is 0 Å². The highest BCUT2D eigenvalue weighted by Gasteiger charge is 2.13. The molecule has 0 radical (unpaired) electrons. The second-order valence-corrected chi connectivity index (χ2v) is 5.90. The summed E-state index contributed by atoms with van der Waals surface area (Å²) in [5, 5.41) is 2.90. The number of benzene rings is 1. The van der Waals surface area contributed by atoms with Crippen LogP contribution in [0.3, 0.4) is 0 Å². The van der Waals surface area contributed by atoms with Gasteiger partial charge in [-0.3, -0.25) is 4.79 Å². The summed E-state index contributed by atoms with van der Waals surface area (Å²) in [6.45, 7) is 4.95. The van der Waals surface area contributed by atoms with Crippen molar-refractivity contribution in [3.63, 3.8) is 0 Å². The molecular weight excluding hydrogens is 256 g/mol. The molecule has 0 aliphatic heterocycles. The summed E-state index contributed by atoms with van der Waals surface area (Å²) in [7, 11) is 0. The van der Waals surface area contributed by atoms with Gasteiger partial charge >= 0.3 is 0 Å².